The predicted molar refractivity (Wildman–Crippen MR) is 144 cm³/mol. The molecule has 0 aliphatic heterocycles. The van der Waals surface area contributed by atoms with Gasteiger partial charge in [-0.15, -0.1) is 0 Å². The molecule has 0 aliphatic rings. The molecule has 4 nitrogen and oxygen atoms in total. The molecule has 3 aromatic carbocycles. The van der Waals surface area contributed by atoms with Crippen LogP contribution in [0, 0.1) is 6.92 Å². The molecule has 0 radical (unpaired) electrons. The third-order valence-corrected chi connectivity index (χ3v) is 6.67. The molecule has 0 aromatic heterocycles. The smallest absolute Gasteiger partial charge is 0.243 e. The second-order valence-electron chi connectivity index (χ2n) is 8.70. The Labute approximate surface area is 218 Å². The molecule has 0 saturated heterocycles. The van der Waals surface area contributed by atoms with Crippen molar-refractivity contribution in [2.75, 3.05) is 6.54 Å². The standard InChI is InChI=1S/C29H32Cl2N2O2/c1-3-18-32-29(35)27(19-23-8-5-4-6-9-23)33(20-24-25(30)10-7-11-26(24)31)28(34)17-16-22-14-12-21(2)13-15-22/h4-15,27H,3,16-20H2,1-2H3,(H,32,35). The molecule has 0 aliphatic carbocycles. The zero-order valence-corrected chi connectivity index (χ0v) is 21.8. The Hall–Kier alpha value is -2.82. The number of nitrogens with one attached hydrogen (secondary N) is 1. The van der Waals surface area contributed by atoms with Gasteiger partial charge in [0.1, 0.15) is 6.04 Å². The van der Waals surface area contributed by atoms with Gasteiger partial charge in [-0.1, -0.05) is 96.4 Å². The average molecular weight is 511 g/mol. The molecule has 1 N–H and O–H groups in total. The van der Waals surface area contributed by atoms with Gasteiger partial charge in [0.05, 0.1) is 0 Å². The maximum Gasteiger partial charge on any atom is 0.243 e. The minimum Gasteiger partial charge on any atom is -0.354 e. The van der Waals surface area contributed by atoms with Crippen LogP contribution in [0.15, 0.2) is 72.8 Å². The summed E-state index contributed by atoms with van der Waals surface area (Å²) in [5, 5.41) is 3.93. The van der Waals surface area contributed by atoms with Crippen LogP contribution < -0.4 is 5.32 Å². The van der Waals surface area contributed by atoms with Crippen molar-refractivity contribution in [1.82, 2.24) is 10.2 Å². The number of benzene rings is 3. The van der Waals surface area contributed by atoms with Gasteiger partial charge < -0.3 is 10.2 Å². The molecular formula is C29H32Cl2N2O2. The van der Waals surface area contributed by atoms with E-state index in [1.807, 2.05) is 68.4 Å². The number of rotatable bonds is 11. The molecule has 0 bridgehead atoms. The minimum absolute atomic E-state index is 0.117. The van der Waals surface area contributed by atoms with Crippen molar-refractivity contribution in [1.29, 1.82) is 0 Å². The van der Waals surface area contributed by atoms with E-state index in [0.717, 1.165) is 17.5 Å². The summed E-state index contributed by atoms with van der Waals surface area (Å²) in [6, 6.07) is 22.5. The number of hydrogen-bond donors (Lipinski definition) is 1. The quantitative estimate of drug-likeness (QED) is 0.324. The minimum atomic E-state index is -0.693. The summed E-state index contributed by atoms with van der Waals surface area (Å²) in [6.07, 6.45) is 2.06. The lowest BCUT2D eigenvalue weighted by Gasteiger charge is -2.32. The van der Waals surface area contributed by atoms with E-state index in [-0.39, 0.29) is 24.8 Å². The summed E-state index contributed by atoms with van der Waals surface area (Å²) in [5.41, 5.74) is 3.87. The summed E-state index contributed by atoms with van der Waals surface area (Å²) >= 11 is 12.9. The van der Waals surface area contributed by atoms with Crippen LogP contribution in [0.1, 0.15) is 42.0 Å². The monoisotopic (exact) mass is 510 g/mol. The first-order valence-corrected chi connectivity index (χ1v) is 12.7. The summed E-state index contributed by atoms with van der Waals surface area (Å²) in [4.78, 5) is 28.7. The maximum absolute atomic E-state index is 13.7. The normalized spacial score (nSPS) is 11.7. The predicted octanol–water partition coefficient (Wildman–Crippen LogP) is 6.40. The number of carbonyl (C=O) groups is 2. The molecule has 35 heavy (non-hydrogen) atoms. The average Bonchev–Trinajstić information content (AvgIpc) is 2.86. The largest absolute Gasteiger partial charge is 0.354 e. The fourth-order valence-corrected chi connectivity index (χ4v) is 4.44. The Morgan fingerprint density at radius 3 is 2.17 bits per heavy atom. The second-order valence-corrected chi connectivity index (χ2v) is 9.52. The molecule has 3 rings (SSSR count). The summed E-state index contributed by atoms with van der Waals surface area (Å²) < 4.78 is 0. The van der Waals surface area contributed by atoms with Crippen LogP contribution in [0.25, 0.3) is 0 Å². The van der Waals surface area contributed by atoms with E-state index < -0.39 is 6.04 Å². The number of carbonyl (C=O) groups excluding carboxylic acids is 2. The van der Waals surface area contributed by atoms with E-state index in [2.05, 4.69) is 5.32 Å². The highest BCUT2D eigenvalue weighted by molar-refractivity contribution is 6.36. The Balaban J connectivity index is 1.93. The van der Waals surface area contributed by atoms with Gasteiger partial charge in [0.15, 0.2) is 0 Å². The van der Waals surface area contributed by atoms with Gasteiger partial charge in [-0.2, -0.15) is 0 Å². The SMILES string of the molecule is CCCNC(=O)C(Cc1ccccc1)N(Cc1c(Cl)cccc1Cl)C(=O)CCc1ccc(C)cc1. The number of aryl methyl sites for hydroxylation is 2. The molecule has 2 amide bonds. The topological polar surface area (TPSA) is 49.4 Å². The van der Waals surface area contributed by atoms with E-state index in [0.29, 0.717) is 35.0 Å². The lowest BCUT2D eigenvalue weighted by molar-refractivity contribution is -0.141. The van der Waals surface area contributed by atoms with Crippen molar-refractivity contribution in [3.8, 4) is 0 Å². The first-order valence-electron chi connectivity index (χ1n) is 12.0. The molecule has 0 fully saturated rings. The van der Waals surface area contributed by atoms with Gasteiger partial charge in [0.25, 0.3) is 0 Å². The lowest BCUT2D eigenvalue weighted by Crippen LogP contribution is -2.50. The fourth-order valence-electron chi connectivity index (χ4n) is 3.92. The van der Waals surface area contributed by atoms with E-state index in [1.165, 1.54) is 5.56 Å². The van der Waals surface area contributed by atoms with Crippen molar-refractivity contribution >= 4 is 35.0 Å². The number of nitrogens with zero attached hydrogens (tertiary/aromatic N) is 1. The van der Waals surface area contributed by atoms with Gasteiger partial charge in [0, 0.05) is 41.5 Å². The third kappa shape index (κ3) is 7.84. The van der Waals surface area contributed by atoms with Crippen molar-refractivity contribution in [3.63, 3.8) is 0 Å². The number of hydrogen-bond acceptors (Lipinski definition) is 2. The second kappa shape index (κ2) is 13.3. The highest BCUT2D eigenvalue weighted by atomic mass is 35.5. The number of amides is 2. The Morgan fingerprint density at radius 2 is 1.54 bits per heavy atom. The van der Waals surface area contributed by atoms with Gasteiger partial charge in [-0.05, 0) is 43.0 Å². The van der Waals surface area contributed by atoms with Gasteiger partial charge in [-0.25, -0.2) is 0 Å². The van der Waals surface area contributed by atoms with Gasteiger partial charge in [0.2, 0.25) is 11.8 Å². The Bertz CT molecular complexity index is 1100. The molecular weight excluding hydrogens is 479 g/mol. The first-order chi connectivity index (χ1) is 16.9. The summed E-state index contributed by atoms with van der Waals surface area (Å²) in [7, 11) is 0. The zero-order chi connectivity index (χ0) is 25.2. The van der Waals surface area contributed by atoms with E-state index in [1.54, 1.807) is 23.1 Å². The Kier molecular flexibility index (Phi) is 10.2. The van der Waals surface area contributed by atoms with Crippen LogP contribution in [0.5, 0.6) is 0 Å². The lowest BCUT2D eigenvalue weighted by atomic mass is 10.0. The van der Waals surface area contributed by atoms with Gasteiger partial charge in [-0.3, -0.25) is 9.59 Å². The van der Waals surface area contributed by atoms with Crippen LogP contribution in [-0.2, 0) is 29.0 Å². The van der Waals surface area contributed by atoms with Crippen LogP contribution in [-0.4, -0.2) is 29.3 Å². The summed E-state index contributed by atoms with van der Waals surface area (Å²) in [6.45, 7) is 4.73. The molecule has 0 spiro atoms. The fraction of sp³-hybridized carbons (Fsp3) is 0.310. The van der Waals surface area contributed by atoms with Crippen molar-refractivity contribution in [2.24, 2.45) is 0 Å². The molecule has 0 heterocycles. The molecule has 1 atom stereocenters. The molecule has 1 unspecified atom stereocenters. The van der Waals surface area contributed by atoms with Gasteiger partial charge >= 0.3 is 0 Å². The van der Waals surface area contributed by atoms with E-state index in [4.69, 9.17) is 23.2 Å². The van der Waals surface area contributed by atoms with Crippen molar-refractivity contribution in [3.05, 3.63) is 105 Å². The highest BCUT2D eigenvalue weighted by Crippen LogP contribution is 2.27. The van der Waals surface area contributed by atoms with Crippen LogP contribution >= 0.6 is 23.2 Å². The first kappa shape index (κ1) is 26.8. The van der Waals surface area contributed by atoms with Crippen molar-refractivity contribution in [2.45, 2.75) is 52.1 Å². The maximum atomic E-state index is 13.7. The highest BCUT2D eigenvalue weighted by Gasteiger charge is 2.31. The van der Waals surface area contributed by atoms with Crippen LogP contribution in [0.4, 0.5) is 0 Å². The summed E-state index contributed by atoms with van der Waals surface area (Å²) in [5.74, 6) is -0.295. The zero-order valence-electron chi connectivity index (χ0n) is 20.3. The van der Waals surface area contributed by atoms with E-state index in [9.17, 15) is 9.59 Å². The van der Waals surface area contributed by atoms with Crippen LogP contribution in [0.2, 0.25) is 10.0 Å². The van der Waals surface area contributed by atoms with E-state index >= 15 is 0 Å². The Morgan fingerprint density at radius 1 is 0.886 bits per heavy atom. The molecule has 184 valence electrons. The van der Waals surface area contributed by atoms with Crippen LogP contribution in [0.3, 0.4) is 0 Å². The molecule has 6 heteroatoms. The molecule has 0 saturated carbocycles. The third-order valence-electron chi connectivity index (χ3n) is 5.96. The van der Waals surface area contributed by atoms with Crippen molar-refractivity contribution < 1.29 is 9.59 Å². The number of halogens is 2. The molecule has 3 aromatic rings.